The minimum atomic E-state index is -0.844. The first-order valence-corrected chi connectivity index (χ1v) is 33.7. The Bertz CT molecular complexity index is 1280. The summed E-state index contributed by atoms with van der Waals surface area (Å²) in [6.45, 7) is 4.23. The number of carbonyl (C=O) groups is 1. The molecule has 0 aliphatic rings. The fourth-order valence-electron chi connectivity index (χ4n) is 10.4. The standard InChI is InChI=1S/C71H131NO3/c1-3-5-7-9-11-13-15-17-19-21-23-25-27-29-31-33-35-37-38-40-42-44-46-48-50-52-54-56-58-60-62-64-66-70(74)69(68-73)72-71(75)67-65-63-61-59-57-55-53-51-49-47-45-43-41-39-36-34-32-30-28-26-24-22-20-18-16-14-12-10-8-6-4-2/h6,8,12,14,18,20,24,26,30,32,64,66,69-70,73-74H,3-5,7,9-11,13,15-17,19,21-23,25,27-29,31,33-63,65,67-68H2,1-2H3,(H,72,75)/b8-6-,14-12-,20-18-,26-24-,32-30-,66-64+. The molecule has 0 saturated heterocycles. The van der Waals surface area contributed by atoms with Crippen LogP contribution in [0, 0.1) is 0 Å². The van der Waals surface area contributed by atoms with E-state index >= 15 is 0 Å². The van der Waals surface area contributed by atoms with E-state index in [2.05, 4.69) is 79.9 Å². The van der Waals surface area contributed by atoms with Gasteiger partial charge in [0.15, 0.2) is 0 Å². The van der Waals surface area contributed by atoms with E-state index in [1.54, 1.807) is 6.08 Å². The van der Waals surface area contributed by atoms with E-state index in [1.807, 2.05) is 6.08 Å². The Kier molecular flexibility index (Phi) is 64.2. The van der Waals surface area contributed by atoms with Crippen LogP contribution < -0.4 is 5.32 Å². The van der Waals surface area contributed by atoms with Crippen LogP contribution in [0.4, 0.5) is 0 Å². The van der Waals surface area contributed by atoms with Crippen molar-refractivity contribution in [3.05, 3.63) is 72.9 Å². The highest BCUT2D eigenvalue weighted by molar-refractivity contribution is 5.76. The number of carbonyl (C=O) groups excluding carboxylic acids is 1. The van der Waals surface area contributed by atoms with Crippen molar-refractivity contribution < 1.29 is 15.0 Å². The predicted octanol–water partition coefficient (Wildman–Crippen LogP) is 22.9. The first-order valence-electron chi connectivity index (χ1n) is 33.7. The topological polar surface area (TPSA) is 69.6 Å². The molecular formula is C71H131NO3. The van der Waals surface area contributed by atoms with Crippen LogP contribution in [-0.4, -0.2) is 34.9 Å². The van der Waals surface area contributed by atoms with Crippen molar-refractivity contribution in [2.24, 2.45) is 0 Å². The van der Waals surface area contributed by atoms with Crippen molar-refractivity contribution in [3.8, 4) is 0 Å². The third kappa shape index (κ3) is 62.6. The fourth-order valence-corrected chi connectivity index (χ4v) is 10.4. The summed E-state index contributed by atoms with van der Waals surface area (Å²) in [4.78, 5) is 12.5. The monoisotopic (exact) mass is 1050 g/mol. The number of allylic oxidation sites excluding steroid dienone is 11. The lowest BCUT2D eigenvalue weighted by molar-refractivity contribution is -0.123. The van der Waals surface area contributed by atoms with Crippen LogP contribution >= 0.6 is 0 Å². The molecule has 0 heterocycles. The van der Waals surface area contributed by atoms with E-state index in [9.17, 15) is 15.0 Å². The van der Waals surface area contributed by atoms with E-state index in [0.717, 1.165) is 57.8 Å². The number of unbranched alkanes of at least 4 members (excludes halogenated alkanes) is 45. The zero-order valence-electron chi connectivity index (χ0n) is 50.6. The second-order valence-corrected chi connectivity index (χ2v) is 22.9. The number of aliphatic hydroxyl groups is 2. The highest BCUT2D eigenvalue weighted by atomic mass is 16.3. The summed E-state index contributed by atoms with van der Waals surface area (Å²) in [6, 6.07) is -0.627. The summed E-state index contributed by atoms with van der Waals surface area (Å²) in [6.07, 6.45) is 95.5. The van der Waals surface area contributed by atoms with Crippen molar-refractivity contribution in [3.63, 3.8) is 0 Å². The number of amides is 1. The smallest absolute Gasteiger partial charge is 0.220 e. The summed E-state index contributed by atoms with van der Waals surface area (Å²) in [7, 11) is 0. The van der Waals surface area contributed by atoms with Crippen molar-refractivity contribution in [2.75, 3.05) is 6.61 Å². The van der Waals surface area contributed by atoms with Gasteiger partial charge in [0.2, 0.25) is 5.91 Å². The Morgan fingerprint density at radius 2 is 0.587 bits per heavy atom. The maximum absolute atomic E-state index is 12.5. The number of nitrogens with one attached hydrogen (secondary N) is 1. The minimum Gasteiger partial charge on any atom is -0.394 e. The molecule has 0 aliphatic heterocycles. The molecule has 0 bridgehead atoms. The molecule has 1 amide bonds. The first kappa shape index (κ1) is 72.8. The van der Waals surface area contributed by atoms with E-state index in [1.165, 1.54) is 276 Å². The van der Waals surface area contributed by atoms with Crippen molar-refractivity contribution in [1.82, 2.24) is 5.32 Å². The van der Waals surface area contributed by atoms with Crippen LogP contribution in [0.25, 0.3) is 0 Å². The second-order valence-electron chi connectivity index (χ2n) is 22.9. The van der Waals surface area contributed by atoms with E-state index in [4.69, 9.17) is 0 Å². The van der Waals surface area contributed by atoms with Gasteiger partial charge < -0.3 is 15.5 Å². The minimum absolute atomic E-state index is 0.0612. The van der Waals surface area contributed by atoms with Gasteiger partial charge in [0.1, 0.15) is 0 Å². The molecule has 2 atom stereocenters. The molecule has 0 aromatic heterocycles. The Morgan fingerprint density at radius 1 is 0.333 bits per heavy atom. The van der Waals surface area contributed by atoms with E-state index < -0.39 is 12.1 Å². The largest absolute Gasteiger partial charge is 0.394 e. The molecule has 0 aromatic rings. The summed E-state index contributed by atoms with van der Waals surface area (Å²) in [5.41, 5.74) is 0. The molecule has 75 heavy (non-hydrogen) atoms. The van der Waals surface area contributed by atoms with Gasteiger partial charge in [-0.1, -0.05) is 356 Å². The molecule has 4 nitrogen and oxygen atoms in total. The maximum atomic E-state index is 12.5. The molecule has 0 rings (SSSR count). The Morgan fingerprint density at radius 3 is 0.880 bits per heavy atom. The molecule has 0 aliphatic carbocycles. The molecule has 0 radical (unpaired) electrons. The van der Waals surface area contributed by atoms with Crippen LogP contribution in [0.15, 0.2) is 72.9 Å². The third-order valence-electron chi connectivity index (χ3n) is 15.4. The van der Waals surface area contributed by atoms with Crippen molar-refractivity contribution >= 4 is 5.91 Å². The number of hydrogen-bond donors (Lipinski definition) is 3. The Hall–Kier alpha value is -2.17. The van der Waals surface area contributed by atoms with Gasteiger partial charge in [-0.25, -0.2) is 0 Å². The average molecular weight is 1050 g/mol. The summed E-state index contributed by atoms with van der Waals surface area (Å²) >= 11 is 0. The quantitative estimate of drug-likeness (QED) is 0.0420. The summed E-state index contributed by atoms with van der Waals surface area (Å²) < 4.78 is 0. The summed E-state index contributed by atoms with van der Waals surface area (Å²) in [5, 5.41) is 23.3. The SMILES string of the molecule is CC/C=C\C/C=C\C/C=C\C/C=C\C/C=C\CCCCCCCCCCCCCCCCCC(=O)NC(CO)C(O)/C=C/CCCCCCCCCCCCCCCCCCCCCCCCCCCCCCCC. The molecule has 0 saturated carbocycles. The van der Waals surface area contributed by atoms with Gasteiger partial charge in [0.25, 0.3) is 0 Å². The number of aliphatic hydroxyl groups excluding tert-OH is 2. The number of hydrogen-bond acceptors (Lipinski definition) is 3. The van der Waals surface area contributed by atoms with Gasteiger partial charge in [-0.05, 0) is 64.2 Å². The first-order chi connectivity index (χ1) is 37.2. The van der Waals surface area contributed by atoms with Gasteiger partial charge in [0.05, 0.1) is 18.8 Å². The lowest BCUT2D eigenvalue weighted by Gasteiger charge is -2.20. The van der Waals surface area contributed by atoms with Gasteiger partial charge in [-0.2, -0.15) is 0 Å². The molecule has 0 fully saturated rings. The van der Waals surface area contributed by atoms with Gasteiger partial charge in [-0.3, -0.25) is 4.79 Å². The molecule has 438 valence electrons. The van der Waals surface area contributed by atoms with E-state index in [-0.39, 0.29) is 12.5 Å². The highest BCUT2D eigenvalue weighted by Crippen LogP contribution is 2.18. The van der Waals surface area contributed by atoms with Crippen LogP contribution in [0.3, 0.4) is 0 Å². The highest BCUT2D eigenvalue weighted by Gasteiger charge is 2.18. The van der Waals surface area contributed by atoms with Crippen LogP contribution in [-0.2, 0) is 4.79 Å². The molecule has 4 heteroatoms. The summed E-state index contributed by atoms with van der Waals surface area (Å²) in [5.74, 6) is -0.0612. The van der Waals surface area contributed by atoms with Crippen LogP contribution in [0.2, 0.25) is 0 Å². The zero-order valence-corrected chi connectivity index (χ0v) is 50.6. The van der Waals surface area contributed by atoms with Gasteiger partial charge in [-0.15, -0.1) is 0 Å². The normalized spacial score (nSPS) is 13.2. The molecule has 2 unspecified atom stereocenters. The lowest BCUT2D eigenvalue weighted by atomic mass is 10.0. The zero-order chi connectivity index (χ0) is 54.1. The van der Waals surface area contributed by atoms with Crippen molar-refractivity contribution in [1.29, 1.82) is 0 Å². The molecule has 3 N–H and O–H groups in total. The van der Waals surface area contributed by atoms with E-state index in [0.29, 0.717) is 6.42 Å². The number of rotatable bonds is 62. The lowest BCUT2D eigenvalue weighted by Crippen LogP contribution is -2.45. The molecule has 0 aromatic carbocycles. The van der Waals surface area contributed by atoms with Gasteiger partial charge in [0, 0.05) is 6.42 Å². The van der Waals surface area contributed by atoms with Crippen LogP contribution in [0.5, 0.6) is 0 Å². The predicted molar refractivity (Wildman–Crippen MR) is 336 cm³/mol. The molecule has 0 spiro atoms. The van der Waals surface area contributed by atoms with Gasteiger partial charge >= 0.3 is 0 Å². The van der Waals surface area contributed by atoms with Crippen molar-refractivity contribution in [2.45, 2.75) is 366 Å². The Labute approximate surface area is 469 Å². The Balaban J connectivity index is 3.46. The van der Waals surface area contributed by atoms with Crippen LogP contribution in [0.1, 0.15) is 354 Å². The fraction of sp³-hybridized carbons (Fsp3) is 0.817. The maximum Gasteiger partial charge on any atom is 0.220 e. The second kappa shape index (κ2) is 66.1. The average Bonchev–Trinajstić information content (AvgIpc) is 3.41. The molecular weight excluding hydrogens is 915 g/mol. The third-order valence-corrected chi connectivity index (χ3v) is 15.4.